The standard InChI is InChI=1S/C14H22N4/c1-5-10(4)11-8-15-13-12(11)14(17-9-16-13)18(6-2)7-3/h8-10H,5-7H2,1-4H3,(H,15,16,17). The van der Waals surface area contributed by atoms with E-state index in [0.717, 1.165) is 31.0 Å². The van der Waals surface area contributed by atoms with Gasteiger partial charge in [-0.25, -0.2) is 9.97 Å². The van der Waals surface area contributed by atoms with Gasteiger partial charge in [0.25, 0.3) is 0 Å². The molecule has 2 heterocycles. The van der Waals surface area contributed by atoms with Gasteiger partial charge < -0.3 is 9.88 Å². The van der Waals surface area contributed by atoms with Crippen molar-refractivity contribution >= 4 is 16.9 Å². The zero-order valence-corrected chi connectivity index (χ0v) is 11.7. The van der Waals surface area contributed by atoms with Crippen molar-refractivity contribution in [1.82, 2.24) is 15.0 Å². The average molecular weight is 246 g/mol. The van der Waals surface area contributed by atoms with E-state index in [1.807, 2.05) is 0 Å². The first-order valence-corrected chi connectivity index (χ1v) is 6.79. The largest absolute Gasteiger partial charge is 0.357 e. The third kappa shape index (κ3) is 2.07. The van der Waals surface area contributed by atoms with Crippen LogP contribution < -0.4 is 4.90 Å². The first-order chi connectivity index (χ1) is 8.72. The summed E-state index contributed by atoms with van der Waals surface area (Å²) in [6, 6.07) is 0. The highest BCUT2D eigenvalue weighted by molar-refractivity contribution is 5.91. The topological polar surface area (TPSA) is 44.8 Å². The highest BCUT2D eigenvalue weighted by Crippen LogP contribution is 2.32. The lowest BCUT2D eigenvalue weighted by Crippen LogP contribution is -2.23. The van der Waals surface area contributed by atoms with Gasteiger partial charge in [-0.15, -0.1) is 0 Å². The summed E-state index contributed by atoms with van der Waals surface area (Å²) in [7, 11) is 0. The van der Waals surface area contributed by atoms with Gasteiger partial charge in [0.05, 0.1) is 5.39 Å². The van der Waals surface area contributed by atoms with Gasteiger partial charge in [0.15, 0.2) is 0 Å². The van der Waals surface area contributed by atoms with E-state index in [1.165, 1.54) is 10.9 Å². The van der Waals surface area contributed by atoms with E-state index in [4.69, 9.17) is 0 Å². The van der Waals surface area contributed by atoms with Gasteiger partial charge in [-0.05, 0) is 31.7 Å². The van der Waals surface area contributed by atoms with Crippen molar-refractivity contribution in [1.29, 1.82) is 0 Å². The highest BCUT2D eigenvalue weighted by atomic mass is 15.2. The van der Waals surface area contributed by atoms with E-state index < -0.39 is 0 Å². The van der Waals surface area contributed by atoms with Crippen molar-refractivity contribution in [2.45, 2.75) is 40.0 Å². The molecular formula is C14H22N4. The van der Waals surface area contributed by atoms with Crippen LogP contribution in [-0.2, 0) is 0 Å². The molecule has 0 spiro atoms. The minimum absolute atomic E-state index is 0.527. The molecule has 0 aromatic carbocycles. The number of fused-ring (bicyclic) bond motifs is 1. The molecule has 1 N–H and O–H groups in total. The van der Waals surface area contributed by atoms with Gasteiger partial charge in [0.1, 0.15) is 17.8 Å². The number of aromatic nitrogens is 3. The average Bonchev–Trinajstić information content (AvgIpc) is 2.84. The molecule has 0 aliphatic rings. The summed E-state index contributed by atoms with van der Waals surface area (Å²) in [5, 5.41) is 1.19. The molecule has 1 unspecified atom stereocenters. The van der Waals surface area contributed by atoms with E-state index in [-0.39, 0.29) is 0 Å². The van der Waals surface area contributed by atoms with Gasteiger partial charge >= 0.3 is 0 Å². The summed E-state index contributed by atoms with van der Waals surface area (Å²) >= 11 is 0. The van der Waals surface area contributed by atoms with E-state index in [9.17, 15) is 0 Å². The molecule has 0 saturated carbocycles. The highest BCUT2D eigenvalue weighted by Gasteiger charge is 2.17. The predicted molar refractivity (Wildman–Crippen MR) is 76.2 cm³/mol. The summed E-state index contributed by atoms with van der Waals surface area (Å²) < 4.78 is 0. The maximum absolute atomic E-state index is 4.49. The molecule has 2 rings (SSSR count). The monoisotopic (exact) mass is 246 g/mol. The number of H-pyrrole nitrogens is 1. The molecule has 0 aliphatic carbocycles. The molecule has 0 fully saturated rings. The lowest BCUT2D eigenvalue weighted by molar-refractivity contribution is 0.738. The van der Waals surface area contributed by atoms with Crippen molar-refractivity contribution < 1.29 is 0 Å². The summed E-state index contributed by atoms with van der Waals surface area (Å²) in [5.74, 6) is 1.58. The first-order valence-electron chi connectivity index (χ1n) is 6.79. The number of nitrogens with one attached hydrogen (secondary N) is 1. The summed E-state index contributed by atoms with van der Waals surface area (Å²) in [5.41, 5.74) is 2.28. The Bertz CT molecular complexity index is 513. The quantitative estimate of drug-likeness (QED) is 0.880. The normalized spacial score (nSPS) is 12.9. The molecule has 4 heteroatoms. The van der Waals surface area contributed by atoms with Crippen molar-refractivity contribution in [2.75, 3.05) is 18.0 Å². The van der Waals surface area contributed by atoms with Crippen LogP contribution in [0.15, 0.2) is 12.5 Å². The summed E-state index contributed by atoms with van der Waals surface area (Å²) in [6.07, 6.45) is 4.85. The lowest BCUT2D eigenvalue weighted by Gasteiger charge is -2.21. The number of rotatable bonds is 5. The molecule has 18 heavy (non-hydrogen) atoms. The SMILES string of the molecule is CCC(C)c1c[nH]c2ncnc(N(CC)CC)c12. The smallest absolute Gasteiger partial charge is 0.143 e. The maximum atomic E-state index is 4.49. The van der Waals surface area contributed by atoms with Crippen molar-refractivity contribution in [3.63, 3.8) is 0 Å². The Morgan fingerprint density at radius 1 is 1.22 bits per heavy atom. The second-order valence-electron chi connectivity index (χ2n) is 4.65. The zero-order valence-electron chi connectivity index (χ0n) is 11.7. The van der Waals surface area contributed by atoms with E-state index in [1.54, 1.807) is 6.33 Å². The van der Waals surface area contributed by atoms with Crippen LogP contribution in [0.2, 0.25) is 0 Å². The molecular weight excluding hydrogens is 224 g/mol. The molecule has 0 aliphatic heterocycles. The second kappa shape index (κ2) is 5.38. The number of aromatic amines is 1. The van der Waals surface area contributed by atoms with Gasteiger partial charge in [0, 0.05) is 19.3 Å². The van der Waals surface area contributed by atoms with Gasteiger partial charge in [-0.3, -0.25) is 0 Å². The molecule has 0 radical (unpaired) electrons. The Morgan fingerprint density at radius 2 is 1.94 bits per heavy atom. The molecule has 2 aromatic rings. The Labute approximate surface area is 108 Å². The van der Waals surface area contributed by atoms with E-state index in [0.29, 0.717) is 5.92 Å². The first kappa shape index (κ1) is 12.9. The molecule has 0 saturated heterocycles. The molecule has 1 atom stereocenters. The number of anilines is 1. The minimum Gasteiger partial charge on any atom is -0.357 e. The van der Waals surface area contributed by atoms with Crippen LogP contribution in [0.3, 0.4) is 0 Å². The second-order valence-corrected chi connectivity index (χ2v) is 4.65. The van der Waals surface area contributed by atoms with Gasteiger partial charge in [-0.1, -0.05) is 13.8 Å². The van der Waals surface area contributed by atoms with Gasteiger partial charge in [0.2, 0.25) is 0 Å². The van der Waals surface area contributed by atoms with Crippen molar-refractivity contribution in [3.8, 4) is 0 Å². The Balaban J connectivity index is 2.62. The van der Waals surface area contributed by atoms with Crippen LogP contribution in [0, 0.1) is 0 Å². The molecule has 0 bridgehead atoms. The lowest BCUT2D eigenvalue weighted by atomic mass is 9.99. The Kier molecular flexibility index (Phi) is 3.84. The fourth-order valence-corrected chi connectivity index (χ4v) is 2.34. The number of nitrogens with zero attached hydrogens (tertiary/aromatic N) is 3. The van der Waals surface area contributed by atoms with Crippen LogP contribution in [0.1, 0.15) is 45.6 Å². The summed E-state index contributed by atoms with van der Waals surface area (Å²) in [4.78, 5) is 14.4. The third-order valence-corrected chi connectivity index (χ3v) is 3.69. The van der Waals surface area contributed by atoms with Crippen molar-refractivity contribution in [3.05, 3.63) is 18.1 Å². The van der Waals surface area contributed by atoms with Crippen LogP contribution in [0.25, 0.3) is 11.0 Å². The van der Waals surface area contributed by atoms with Gasteiger partial charge in [-0.2, -0.15) is 0 Å². The van der Waals surface area contributed by atoms with E-state index >= 15 is 0 Å². The predicted octanol–water partition coefficient (Wildman–Crippen LogP) is 3.32. The number of hydrogen-bond acceptors (Lipinski definition) is 3. The fraction of sp³-hybridized carbons (Fsp3) is 0.571. The van der Waals surface area contributed by atoms with E-state index in [2.05, 4.69) is 53.7 Å². The Hall–Kier alpha value is -1.58. The molecule has 4 nitrogen and oxygen atoms in total. The summed E-state index contributed by atoms with van der Waals surface area (Å²) in [6.45, 7) is 10.7. The molecule has 0 amide bonds. The van der Waals surface area contributed by atoms with Crippen LogP contribution in [0.4, 0.5) is 5.82 Å². The van der Waals surface area contributed by atoms with Crippen molar-refractivity contribution in [2.24, 2.45) is 0 Å². The van der Waals surface area contributed by atoms with Crippen LogP contribution in [0.5, 0.6) is 0 Å². The molecule has 2 aromatic heterocycles. The van der Waals surface area contributed by atoms with Crippen LogP contribution >= 0.6 is 0 Å². The maximum Gasteiger partial charge on any atom is 0.143 e. The fourth-order valence-electron chi connectivity index (χ4n) is 2.34. The zero-order chi connectivity index (χ0) is 13.1. The molecule has 98 valence electrons. The number of hydrogen-bond donors (Lipinski definition) is 1. The third-order valence-electron chi connectivity index (χ3n) is 3.69. The van der Waals surface area contributed by atoms with Crippen LogP contribution in [-0.4, -0.2) is 28.0 Å². The Morgan fingerprint density at radius 3 is 2.56 bits per heavy atom. The minimum atomic E-state index is 0.527.